The number of halogens is 1. The van der Waals surface area contributed by atoms with Gasteiger partial charge in [0, 0.05) is 36.2 Å². The minimum absolute atomic E-state index is 0.0390. The molecule has 2 atom stereocenters. The Bertz CT molecular complexity index is 673. The van der Waals surface area contributed by atoms with Gasteiger partial charge in [-0.1, -0.05) is 0 Å². The number of aromatic nitrogens is 1. The highest BCUT2D eigenvalue weighted by molar-refractivity contribution is 7.86. The topological polar surface area (TPSA) is 93.4 Å². The van der Waals surface area contributed by atoms with Crippen LogP contribution in [0.5, 0.6) is 0 Å². The van der Waals surface area contributed by atoms with Crippen LogP contribution in [0.25, 0.3) is 0 Å². The summed E-state index contributed by atoms with van der Waals surface area (Å²) in [5.74, 6) is -1.10. The highest BCUT2D eigenvalue weighted by atomic mass is 32.3. The van der Waals surface area contributed by atoms with E-state index in [1.165, 1.54) is 11.3 Å². The smallest absolute Gasteiger partial charge is 0.302 e. The Morgan fingerprint density at radius 3 is 2.90 bits per heavy atom. The third kappa shape index (κ3) is 3.18. The fraction of sp³-hybridized carbons (Fsp3) is 0.667. The van der Waals surface area contributed by atoms with E-state index in [2.05, 4.69) is 4.98 Å². The molecule has 1 unspecified atom stereocenters. The number of nitrogen functional groups attached to an aromatic ring is 1. The summed E-state index contributed by atoms with van der Waals surface area (Å²) in [5, 5.41) is 0.537. The van der Waals surface area contributed by atoms with Crippen LogP contribution in [0.3, 0.4) is 0 Å². The zero-order chi connectivity index (χ0) is 15.2. The van der Waals surface area contributed by atoms with Gasteiger partial charge in [0.1, 0.15) is 0 Å². The Hall–Kier alpha value is -1.22. The van der Waals surface area contributed by atoms with E-state index in [1.807, 2.05) is 0 Å². The molecular formula is C12H16FN3O3S2. The number of hydrogen-bond donors (Lipinski definition) is 1. The number of aryl methyl sites for hydroxylation is 1. The van der Waals surface area contributed by atoms with Crippen LogP contribution in [0.4, 0.5) is 9.02 Å². The van der Waals surface area contributed by atoms with Crippen molar-refractivity contribution in [3.63, 3.8) is 0 Å². The van der Waals surface area contributed by atoms with Gasteiger partial charge in [-0.3, -0.25) is 4.79 Å². The van der Waals surface area contributed by atoms with Crippen LogP contribution in [-0.4, -0.2) is 42.5 Å². The summed E-state index contributed by atoms with van der Waals surface area (Å²) in [5.41, 5.74) is 6.70. The lowest BCUT2D eigenvalue weighted by atomic mass is 9.96. The average Bonchev–Trinajstić information content (AvgIpc) is 2.88. The molecule has 1 saturated heterocycles. The number of anilines is 1. The van der Waals surface area contributed by atoms with Crippen LogP contribution in [-0.2, 0) is 27.9 Å². The summed E-state index contributed by atoms with van der Waals surface area (Å²) >= 11 is 1.44. The zero-order valence-corrected chi connectivity index (χ0v) is 12.9. The van der Waals surface area contributed by atoms with Crippen molar-refractivity contribution < 1.29 is 17.1 Å². The van der Waals surface area contributed by atoms with Gasteiger partial charge in [0.2, 0.25) is 5.91 Å². The maximum atomic E-state index is 12.8. The van der Waals surface area contributed by atoms with Crippen LogP contribution in [0.2, 0.25) is 0 Å². The molecule has 21 heavy (non-hydrogen) atoms. The number of hydrogen-bond acceptors (Lipinski definition) is 6. The molecule has 1 aromatic rings. The minimum atomic E-state index is -4.53. The fourth-order valence-electron chi connectivity index (χ4n) is 3.20. The number of fused-ring (bicyclic) bond motifs is 1. The van der Waals surface area contributed by atoms with Gasteiger partial charge in [-0.05, 0) is 12.8 Å². The maximum absolute atomic E-state index is 12.8. The van der Waals surface area contributed by atoms with Crippen LogP contribution >= 0.6 is 11.3 Å². The van der Waals surface area contributed by atoms with Gasteiger partial charge in [-0.25, -0.2) is 4.98 Å². The normalized spacial score (nSPS) is 26.1. The predicted molar refractivity (Wildman–Crippen MR) is 77.1 cm³/mol. The molecule has 6 nitrogen and oxygen atoms in total. The first-order valence-corrected chi connectivity index (χ1v) is 9.14. The quantitative estimate of drug-likeness (QED) is 0.823. The standard InChI is InChI=1S/C12H16FN3O3S2/c13-21(18,19)6-7-3-11(17)16(5-7)8-1-2-9-10(4-8)20-12(14)15-9/h7-8H,1-6H2,(H2,14,15)/t7?,8-/m0/s1. The van der Waals surface area contributed by atoms with Crippen molar-refractivity contribution >= 4 is 32.6 Å². The first-order valence-electron chi connectivity index (χ1n) is 6.77. The fourth-order valence-corrected chi connectivity index (χ4v) is 4.93. The Kier molecular flexibility index (Phi) is 3.64. The van der Waals surface area contributed by atoms with Gasteiger partial charge < -0.3 is 10.6 Å². The SMILES string of the molecule is Nc1nc2c(s1)C[C@@H](N1CC(CS(=O)(=O)F)CC1=O)CC2. The summed E-state index contributed by atoms with van der Waals surface area (Å²) in [6.45, 7) is 0.316. The number of thiazole rings is 1. The Morgan fingerprint density at radius 1 is 1.43 bits per heavy atom. The van der Waals surface area contributed by atoms with Crippen molar-refractivity contribution in [2.75, 3.05) is 18.0 Å². The summed E-state index contributed by atoms with van der Waals surface area (Å²) in [6.07, 6.45) is 2.36. The van der Waals surface area contributed by atoms with Crippen LogP contribution in [0.1, 0.15) is 23.4 Å². The molecule has 9 heteroatoms. The van der Waals surface area contributed by atoms with Gasteiger partial charge in [0.15, 0.2) is 5.13 Å². The van der Waals surface area contributed by atoms with Gasteiger partial charge in [-0.2, -0.15) is 8.42 Å². The van der Waals surface area contributed by atoms with E-state index in [1.54, 1.807) is 4.90 Å². The van der Waals surface area contributed by atoms with E-state index in [-0.39, 0.29) is 18.4 Å². The lowest BCUT2D eigenvalue weighted by Crippen LogP contribution is -2.40. The number of likely N-dealkylation sites (tertiary alicyclic amines) is 1. The van der Waals surface area contributed by atoms with Crippen LogP contribution in [0, 0.1) is 5.92 Å². The molecule has 0 aromatic carbocycles. The Morgan fingerprint density at radius 2 is 2.19 bits per heavy atom. The molecule has 2 N–H and O–H groups in total. The first-order chi connectivity index (χ1) is 9.82. The van der Waals surface area contributed by atoms with Crippen LogP contribution in [0.15, 0.2) is 0 Å². The summed E-state index contributed by atoms with van der Waals surface area (Å²) < 4.78 is 34.2. The molecule has 116 valence electrons. The van der Waals surface area contributed by atoms with E-state index in [0.717, 1.165) is 23.4 Å². The van der Waals surface area contributed by atoms with Gasteiger partial charge >= 0.3 is 10.2 Å². The highest BCUT2D eigenvalue weighted by Crippen LogP contribution is 2.33. The molecular weight excluding hydrogens is 317 g/mol. The summed E-state index contributed by atoms with van der Waals surface area (Å²) in [4.78, 5) is 19.1. The predicted octanol–water partition coefficient (Wildman–Crippen LogP) is 0.730. The molecule has 1 aromatic heterocycles. The molecule has 1 aliphatic heterocycles. The molecule has 3 rings (SSSR count). The molecule has 0 bridgehead atoms. The monoisotopic (exact) mass is 333 g/mol. The summed E-state index contributed by atoms with van der Waals surface area (Å²) in [6, 6.07) is 0.0390. The molecule has 0 saturated carbocycles. The van der Waals surface area contributed by atoms with E-state index in [9.17, 15) is 17.1 Å². The average molecular weight is 333 g/mol. The van der Waals surface area contributed by atoms with Crippen LogP contribution < -0.4 is 5.73 Å². The Labute approximate surface area is 126 Å². The highest BCUT2D eigenvalue weighted by Gasteiger charge is 2.38. The van der Waals surface area contributed by atoms with Gasteiger partial charge in [0.25, 0.3) is 0 Å². The lowest BCUT2D eigenvalue weighted by molar-refractivity contribution is -0.129. The molecule has 1 fully saturated rings. The third-order valence-electron chi connectivity index (χ3n) is 4.04. The number of rotatable bonds is 3. The van der Waals surface area contributed by atoms with Crippen molar-refractivity contribution in [3.8, 4) is 0 Å². The second kappa shape index (κ2) is 5.20. The molecule has 0 radical (unpaired) electrons. The number of carbonyl (C=O) groups is 1. The number of amides is 1. The lowest BCUT2D eigenvalue weighted by Gasteiger charge is -2.30. The van der Waals surface area contributed by atoms with Crippen molar-refractivity contribution in [1.82, 2.24) is 9.88 Å². The molecule has 2 aliphatic rings. The van der Waals surface area contributed by atoms with E-state index in [4.69, 9.17) is 5.73 Å². The number of nitrogens with zero attached hydrogens (tertiary/aromatic N) is 2. The molecule has 1 aliphatic carbocycles. The molecule has 0 spiro atoms. The second-order valence-electron chi connectivity index (χ2n) is 5.64. The molecule has 1 amide bonds. The second-order valence-corrected chi connectivity index (χ2v) is 8.17. The first kappa shape index (κ1) is 14.7. The van der Waals surface area contributed by atoms with Crippen molar-refractivity contribution in [2.45, 2.75) is 31.7 Å². The number of nitrogens with two attached hydrogens (primary N) is 1. The van der Waals surface area contributed by atoms with Crippen molar-refractivity contribution in [2.24, 2.45) is 5.92 Å². The number of carbonyl (C=O) groups excluding carboxylic acids is 1. The van der Waals surface area contributed by atoms with E-state index in [0.29, 0.717) is 18.1 Å². The van der Waals surface area contributed by atoms with Gasteiger partial charge in [0.05, 0.1) is 11.4 Å². The minimum Gasteiger partial charge on any atom is -0.375 e. The summed E-state index contributed by atoms with van der Waals surface area (Å²) in [7, 11) is -4.53. The van der Waals surface area contributed by atoms with Gasteiger partial charge in [-0.15, -0.1) is 15.2 Å². The van der Waals surface area contributed by atoms with E-state index < -0.39 is 21.9 Å². The zero-order valence-electron chi connectivity index (χ0n) is 11.3. The van der Waals surface area contributed by atoms with Crippen molar-refractivity contribution in [1.29, 1.82) is 0 Å². The van der Waals surface area contributed by atoms with Crippen molar-refractivity contribution in [3.05, 3.63) is 10.6 Å². The van der Waals surface area contributed by atoms with E-state index >= 15 is 0 Å². The maximum Gasteiger partial charge on any atom is 0.302 e. The Balaban J connectivity index is 1.69. The molecule has 2 heterocycles. The third-order valence-corrected chi connectivity index (χ3v) is 5.86. The largest absolute Gasteiger partial charge is 0.375 e.